The molecule has 0 saturated carbocycles. The van der Waals surface area contributed by atoms with Gasteiger partial charge >= 0.3 is 0 Å². The molecule has 0 aliphatic carbocycles. The van der Waals surface area contributed by atoms with Crippen molar-refractivity contribution in [3.8, 4) is 11.5 Å². The van der Waals surface area contributed by atoms with E-state index in [0.717, 1.165) is 23.9 Å². The third kappa shape index (κ3) is 3.65. The number of rotatable bonds is 5. The number of anilines is 1. The molecular weight excluding hydrogens is 376 g/mol. The van der Waals surface area contributed by atoms with Crippen molar-refractivity contribution in [3.63, 3.8) is 0 Å². The maximum atomic E-state index is 13.6. The van der Waals surface area contributed by atoms with Gasteiger partial charge in [-0.3, -0.25) is 4.79 Å². The van der Waals surface area contributed by atoms with Gasteiger partial charge in [0.25, 0.3) is 0 Å². The maximum Gasteiger partial charge on any atom is 0.234 e. The van der Waals surface area contributed by atoms with Gasteiger partial charge in [-0.2, -0.15) is 9.61 Å². The van der Waals surface area contributed by atoms with Crippen LogP contribution in [0.1, 0.15) is 0 Å². The summed E-state index contributed by atoms with van der Waals surface area (Å²) in [5.74, 6) is -1.49. The molecule has 10 heteroatoms. The molecule has 1 amide bonds. The zero-order valence-electron chi connectivity index (χ0n) is 13.6. The van der Waals surface area contributed by atoms with Crippen molar-refractivity contribution < 1.29 is 18.0 Å². The third-order valence-corrected chi connectivity index (χ3v) is 4.46. The molecule has 0 fully saturated rings. The molecule has 0 spiro atoms. The van der Waals surface area contributed by atoms with Crippen molar-refractivity contribution in [3.05, 3.63) is 60.4 Å². The first kappa shape index (κ1) is 17.2. The molecule has 0 aliphatic rings. The largest absolute Gasteiger partial charge is 0.463 e. The van der Waals surface area contributed by atoms with Gasteiger partial charge in [0.05, 0.1) is 17.7 Å². The Morgan fingerprint density at radius 1 is 1.19 bits per heavy atom. The Labute approximate surface area is 155 Å². The number of hydrogen-bond donors (Lipinski definition) is 1. The number of nitrogens with one attached hydrogen (secondary N) is 1. The monoisotopic (exact) mass is 387 g/mol. The predicted molar refractivity (Wildman–Crippen MR) is 94.2 cm³/mol. The van der Waals surface area contributed by atoms with E-state index in [4.69, 9.17) is 4.42 Å². The fourth-order valence-corrected chi connectivity index (χ4v) is 3.01. The molecule has 0 aliphatic heterocycles. The zero-order valence-corrected chi connectivity index (χ0v) is 14.4. The summed E-state index contributed by atoms with van der Waals surface area (Å²) < 4.78 is 33.3. The first-order valence-corrected chi connectivity index (χ1v) is 8.73. The molecule has 3 aromatic heterocycles. The zero-order chi connectivity index (χ0) is 18.8. The van der Waals surface area contributed by atoms with Crippen LogP contribution in [0.2, 0.25) is 0 Å². The molecule has 1 aromatic carbocycles. The van der Waals surface area contributed by atoms with Gasteiger partial charge < -0.3 is 9.73 Å². The quantitative estimate of drug-likeness (QED) is 0.529. The van der Waals surface area contributed by atoms with Gasteiger partial charge in [-0.05, 0) is 36.4 Å². The fourth-order valence-electron chi connectivity index (χ4n) is 2.32. The van der Waals surface area contributed by atoms with E-state index in [1.807, 2.05) is 0 Å². The van der Waals surface area contributed by atoms with Crippen LogP contribution in [0, 0.1) is 11.6 Å². The van der Waals surface area contributed by atoms with Gasteiger partial charge in [0.2, 0.25) is 11.1 Å². The summed E-state index contributed by atoms with van der Waals surface area (Å²) in [6.45, 7) is 0. The van der Waals surface area contributed by atoms with Crippen LogP contribution in [0.4, 0.5) is 14.5 Å². The highest BCUT2D eigenvalue weighted by atomic mass is 32.2. The number of amides is 1. The molecule has 4 rings (SSSR count). The smallest absolute Gasteiger partial charge is 0.234 e. The third-order valence-electron chi connectivity index (χ3n) is 3.55. The summed E-state index contributed by atoms with van der Waals surface area (Å²) in [5.41, 5.74) is 1.01. The molecule has 136 valence electrons. The Kier molecular flexibility index (Phi) is 4.55. The normalized spacial score (nSPS) is 11.0. The highest BCUT2D eigenvalue weighted by Crippen LogP contribution is 2.21. The van der Waals surface area contributed by atoms with Crippen molar-refractivity contribution in [1.82, 2.24) is 19.8 Å². The Morgan fingerprint density at radius 2 is 2.07 bits per heavy atom. The van der Waals surface area contributed by atoms with Crippen LogP contribution in [0.25, 0.3) is 17.1 Å². The molecule has 1 N–H and O–H groups in total. The van der Waals surface area contributed by atoms with Crippen molar-refractivity contribution in [1.29, 1.82) is 0 Å². The highest BCUT2D eigenvalue weighted by molar-refractivity contribution is 7.99. The Balaban J connectivity index is 1.48. The van der Waals surface area contributed by atoms with Gasteiger partial charge in [-0.25, -0.2) is 8.78 Å². The van der Waals surface area contributed by atoms with Crippen LogP contribution in [0.3, 0.4) is 0 Å². The van der Waals surface area contributed by atoms with Crippen LogP contribution < -0.4 is 5.32 Å². The van der Waals surface area contributed by atoms with E-state index in [2.05, 4.69) is 20.6 Å². The fraction of sp³-hybridized carbons (Fsp3) is 0.0588. The molecule has 7 nitrogen and oxygen atoms in total. The number of halogens is 2. The van der Waals surface area contributed by atoms with Gasteiger partial charge in [0.15, 0.2) is 11.4 Å². The number of benzene rings is 1. The van der Waals surface area contributed by atoms with Crippen LogP contribution in [0.5, 0.6) is 0 Å². The van der Waals surface area contributed by atoms with E-state index in [9.17, 15) is 13.6 Å². The lowest BCUT2D eigenvalue weighted by atomic mass is 10.3. The maximum absolute atomic E-state index is 13.6. The van der Waals surface area contributed by atoms with E-state index in [1.54, 1.807) is 30.5 Å². The van der Waals surface area contributed by atoms with Gasteiger partial charge in [0, 0.05) is 6.07 Å². The molecule has 27 heavy (non-hydrogen) atoms. The van der Waals surface area contributed by atoms with Crippen molar-refractivity contribution in [2.75, 3.05) is 11.1 Å². The average Bonchev–Trinajstić information content (AvgIpc) is 3.31. The second kappa shape index (κ2) is 7.16. The average molecular weight is 387 g/mol. The second-order valence-electron chi connectivity index (χ2n) is 5.41. The number of nitrogens with zero attached hydrogens (tertiary/aromatic N) is 4. The van der Waals surface area contributed by atoms with Gasteiger partial charge in [-0.15, -0.1) is 10.2 Å². The van der Waals surface area contributed by atoms with E-state index in [1.165, 1.54) is 4.52 Å². The van der Waals surface area contributed by atoms with Crippen molar-refractivity contribution in [2.45, 2.75) is 5.16 Å². The van der Waals surface area contributed by atoms with Crippen molar-refractivity contribution in [2.24, 2.45) is 0 Å². The summed E-state index contributed by atoms with van der Waals surface area (Å²) in [6.07, 6.45) is 1.54. The summed E-state index contributed by atoms with van der Waals surface area (Å²) >= 11 is 1.09. The Hall–Kier alpha value is -3.27. The van der Waals surface area contributed by atoms with Gasteiger partial charge in [-0.1, -0.05) is 11.8 Å². The Bertz CT molecular complexity index is 1110. The van der Waals surface area contributed by atoms with E-state index in [0.29, 0.717) is 28.3 Å². The number of thioether (sulfide) groups is 1. The minimum atomic E-state index is -0.842. The minimum Gasteiger partial charge on any atom is -0.463 e. The summed E-state index contributed by atoms with van der Waals surface area (Å²) in [5, 5.41) is 15.2. The minimum absolute atomic E-state index is 0.0513. The topological polar surface area (TPSA) is 85.3 Å². The van der Waals surface area contributed by atoms with Crippen LogP contribution in [0.15, 0.2) is 58.3 Å². The molecule has 0 bridgehead atoms. The lowest BCUT2D eigenvalue weighted by molar-refractivity contribution is -0.113. The highest BCUT2D eigenvalue weighted by Gasteiger charge is 2.13. The second-order valence-corrected chi connectivity index (χ2v) is 6.35. The van der Waals surface area contributed by atoms with E-state index in [-0.39, 0.29) is 11.4 Å². The van der Waals surface area contributed by atoms with Crippen LogP contribution >= 0.6 is 11.8 Å². The van der Waals surface area contributed by atoms with E-state index >= 15 is 0 Å². The number of aromatic nitrogens is 4. The molecule has 0 saturated heterocycles. The molecule has 0 radical (unpaired) electrons. The number of carbonyl (C=O) groups is 1. The molecule has 3 heterocycles. The summed E-state index contributed by atoms with van der Waals surface area (Å²) in [7, 11) is 0. The lowest BCUT2D eigenvalue weighted by Gasteiger charge is -2.06. The first-order chi connectivity index (χ1) is 13.1. The van der Waals surface area contributed by atoms with E-state index < -0.39 is 17.5 Å². The van der Waals surface area contributed by atoms with Gasteiger partial charge in [0.1, 0.15) is 17.3 Å². The molecule has 4 aromatic rings. The summed E-state index contributed by atoms with van der Waals surface area (Å²) in [4.78, 5) is 12.0. The number of hydrogen-bond acceptors (Lipinski definition) is 6. The predicted octanol–water partition coefficient (Wildman–Crippen LogP) is 3.39. The molecule has 0 unspecified atom stereocenters. The number of furan rings is 1. The van der Waals surface area contributed by atoms with Crippen LogP contribution in [-0.2, 0) is 4.79 Å². The SMILES string of the molecule is O=C(CSc1nnc2ccc(-c3ccco3)nn12)Nc1ccc(F)cc1F. The standard InChI is InChI=1S/C17H11F2N5O2S/c18-10-3-4-12(11(19)8-10)20-16(25)9-27-17-22-21-15-6-5-13(23-24(15)17)14-2-1-7-26-14/h1-8H,9H2,(H,20,25). The summed E-state index contributed by atoms with van der Waals surface area (Å²) in [6, 6.07) is 9.94. The molecular formula is C17H11F2N5O2S. The first-order valence-electron chi connectivity index (χ1n) is 7.74. The number of fused-ring (bicyclic) bond motifs is 1. The van der Waals surface area contributed by atoms with Crippen LogP contribution in [-0.4, -0.2) is 31.5 Å². The Morgan fingerprint density at radius 3 is 2.85 bits per heavy atom. The van der Waals surface area contributed by atoms with Crippen molar-refractivity contribution >= 4 is 29.0 Å². The molecule has 0 atom stereocenters. The number of carbonyl (C=O) groups excluding carboxylic acids is 1. The lowest BCUT2D eigenvalue weighted by Crippen LogP contribution is -2.15.